The molecule has 100 valence electrons. The zero-order valence-corrected chi connectivity index (χ0v) is 10.5. The summed E-state index contributed by atoms with van der Waals surface area (Å²) < 4.78 is 10.5. The summed E-state index contributed by atoms with van der Waals surface area (Å²) >= 11 is 0. The number of aliphatic hydroxyl groups is 2. The van der Waals surface area contributed by atoms with Crippen molar-refractivity contribution in [3.8, 4) is 11.5 Å². The van der Waals surface area contributed by atoms with Crippen LogP contribution < -0.4 is 14.8 Å². The molecule has 0 spiro atoms. The van der Waals surface area contributed by atoms with E-state index in [2.05, 4.69) is 5.32 Å². The maximum Gasteiger partial charge on any atom is 0.231 e. The van der Waals surface area contributed by atoms with Gasteiger partial charge in [0.2, 0.25) is 6.79 Å². The highest BCUT2D eigenvalue weighted by atomic mass is 16.7. The summed E-state index contributed by atoms with van der Waals surface area (Å²) in [4.78, 5) is 0. The van der Waals surface area contributed by atoms with Crippen LogP contribution in [0.5, 0.6) is 11.5 Å². The van der Waals surface area contributed by atoms with Crippen LogP contribution in [0.2, 0.25) is 0 Å². The van der Waals surface area contributed by atoms with E-state index in [4.69, 9.17) is 9.47 Å². The topological polar surface area (TPSA) is 71.0 Å². The van der Waals surface area contributed by atoms with Gasteiger partial charge in [-0.15, -0.1) is 0 Å². The first-order chi connectivity index (χ1) is 8.73. The van der Waals surface area contributed by atoms with Crippen LogP contribution in [0.25, 0.3) is 0 Å². The van der Waals surface area contributed by atoms with Crippen LogP contribution in [0.3, 0.4) is 0 Å². The number of benzene rings is 1. The third-order valence-corrected chi connectivity index (χ3v) is 3.39. The average molecular weight is 253 g/mol. The minimum Gasteiger partial charge on any atom is -0.454 e. The van der Waals surface area contributed by atoms with Crippen molar-refractivity contribution in [3.05, 3.63) is 23.8 Å². The zero-order valence-electron chi connectivity index (χ0n) is 10.5. The molecule has 0 aliphatic carbocycles. The number of ether oxygens (including phenoxy) is 2. The fourth-order valence-electron chi connectivity index (χ4n) is 1.85. The third-order valence-electron chi connectivity index (χ3n) is 3.39. The monoisotopic (exact) mass is 253 g/mol. The zero-order chi connectivity index (χ0) is 13.0. The molecule has 2 rings (SSSR count). The molecule has 0 saturated heterocycles. The van der Waals surface area contributed by atoms with E-state index in [0.717, 1.165) is 17.1 Å². The molecule has 5 nitrogen and oxygen atoms in total. The lowest BCUT2D eigenvalue weighted by molar-refractivity contribution is 0.0864. The van der Waals surface area contributed by atoms with Gasteiger partial charge in [-0.1, -0.05) is 13.0 Å². The molecule has 0 amide bonds. The summed E-state index contributed by atoms with van der Waals surface area (Å²) in [5, 5.41) is 21.9. The van der Waals surface area contributed by atoms with E-state index < -0.39 is 5.54 Å². The Morgan fingerprint density at radius 3 is 2.61 bits per heavy atom. The fraction of sp³-hybridized carbons (Fsp3) is 0.538. The molecule has 1 aliphatic rings. The van der Waals surface area contributed by atoms with Crippen molar-refractivity contribution in [3.63, 3.8) is 0 Å². The molecular weight excluding hydrogens is 234 g/mol. The second kappa shape index (κ2) is 5.56. The Morgan fingerprint density at radius 1 is 1.22 bits per heavy atom. The Morgan fingerprint density at radius 2 is 1.94 bits per heavy atom. The molecule has 0 aromatic heterocycles. The average Bonchev–Trinajstić information content (AvgIpc) is 2.88. The van der Waals surface area contributed by atoms with Crippen LogP contribution in [0, 0.1) is 0 Å². The predicted molar refractivity (Wildman–Crippen MR) is 66.6 cm³/mol. The molecule has 1 heterocycles. The van der Waals surface area contributed by atoms with Gasteiger partial charge >= 0.3 is 0 Å². The van der Waals surface area contributed by atoms with Gasteiger partial charge < -0.3 is 25.0 Å². The molecule has 0 atom stereocenters. The minimum atomic E-state index is -0.629. The van der Waals surface area contributed by atoms with Gasteiger partial charge in [0.25, 0.3) is 0 Å². The molecule has 1 aliphatic heterocycles. The Hall–Kier alpha value is -1.30. The Bertz CT molecular complexity index is 396. The number of hydrogen-bond donors (Lipinski definition) is 3. The summed E-state index contributed by atoms with van der Waals surface area (Å²) in [6.07, 6.45) is 0.657. The first kappa shape index (κ1) is 13.1. The fourth-order valence-corrected chi connectivity index (χ4v) is 1.85. The largest absolute Gasteiger partial charge is 0.454 e. The van der Waals surface area contributed by atoms with E-state index in [1.54, 1.807) is 0 Å². The molecule has 1 aromatic rings. The van der Waals surface area contributed by atoms with Gasteiger partial charge in [-0.25, -0.2) is 0 Å². The van der Waals surface area contributed by atoms with Gasteiger partial charge in [-0.05, 0) is 24.1 Å². The van der Waals surface area contributed by atoms with Gasteiger partial charge in [0.15, 0.2) is 11.5 Å². The first-order valence-corrected chi connectivity index (χ1v) is 6.08. The molecule has 0 unspecified atom stereocenters. The summed E-state index contributed by atoms with van der Waals surface area (Å²) in [5.41, 5.74) is 0.398. The van der Waals surface area contributed by atoms with Crippen LogP contribution >= 0.6 is 0 Å². The van der Waals surface area contributed by atoms with E-state index in [1.807, 2.05) is 25.1 Å². The molecule has 3 N–H and O–H groups in total. The molecule has 18 heavy (non-hydrogen) atoms. The molecule has 5 heteroatoms. The Balaban J connectivity index is 2.01. The number of hydrogen-bond acceptors (Lipinski definition) is 5. The second-order valence-corrected chi connectivity index (χ2v) is 4.49. The SMILES string of the molecule is CCC(CO)(CO)NCc1ccc2c(c1)OCO2. The lowest BCUT2D eigenvalue weighted by Crippen LogP contribution is -2.50. The maximum absolute atomic E-state index is 9.34. The molecule has 0 saturated carbocycles. The molecule has 0 fully saturated rings. The first-order valence-electron chi connectivity index (χ1n) is 6.08. The quantitative estimate of drug-likeness (QED) is 0.694. The summed E-state index contributed by atoms with van der Waals surface area (Å²) in [6.45, 7) is 2.57. The molecule has 1 aromatic carbocycles. The van der Waals surface area contributed by atoms with Gasteiger partial charge in [0.1, 0.15) is 0 Å². The third kappa shape index (κ3) is 2.58. The van der Waals surface area contributed by atoms with Crippen molar-refractivity contribution in [1.82, 2.24) is 5.32 Å². The van der Waals surface area contributed by atoms with E-state index >= 15 is 0 Å². The highest BCUT2D eigenvalue weighted by molar-refractivity contribution is 5.44. The van der Waals surface area contributed by atoms with Crippen molar-refractivity contribution in [2.45, 2.75) is 25.4 Å². The smallest absolute Gasteiger partial charge is 0.231 e. The van der Waals surface area contributed by atoms with Crippen molar-refractivity contribution in [2.24, 2.45) is 0 Å². The number of rotatable bonds is 6. The van der Waals surface area contributed by atoms with Crippen LogP contribution in [-0.4, -0.2) is 35.8 Å². The van der Waals surface area contributed by atoms with Crippen LogP contribution in [0.4, 0.5) is 0 Å². The second-order valence-electron chi connectivity index (χ2n) is 4.49. The van der Waals surface area contributed by atoms with Crippen LogP contribution in [0.1, 0.15) is 18.9 Å². The van der Waals surface area contributed by atoms with E-state index in [9.17, 15) is 10.2 Å². The Labute approximate surface area is 106 Å². The number of aliphatic hydroxyl groups excluding tert-OH is 2. The molecule has 0 bridgehead atoms. The lowest BCUT2D eigenvalue weighted by atomic mass is 9.98. The van der Waals surface area contributed by atoms with Crippen molar-refractivity contribution < 1.29 is 19.7 Å². The lowest BCUT2D eigenvalue weighted by Gasteiger charge is -2.29. The summed E-state index contributed by atoms with van der Waals surface area (Å²) in [5.74, 6) is 1.49. The number of nitrogens with one attached hydrogen (secondary N) is 1. The molecular formula is C13H19NO4. The van der Waals surface area contributed by atoms with Crippen molar-refractivity contribution >= 4 is 0 Å². The van der Waals surface area contributed by atoms with Gasteiger partial charge in [-0.3, -0.25) is 0 Å². The highest BCUT2D eigenvalue weighted by Gasteiger charge is 2.25. The number of fused-ring (bicyclic) bond motifs is 1. The van der Waals surface area contributed by atoms with Gasteiger partial charge in [0.05, 0.1) is 18.8 Å². The Kier molecular flexibility index (Phi) is 4.06. The van der Waals surface area contributed by atoms with Crippen LogP contribution in [-0.2, 0) is 6.54 Å². The summed E-state index contributed by atoms with van der Waals surface area (Å²) in [6, 6.07) is 5.71. The standard InChI is InChI=1S/C13H19NO4/c1-2-13(7-15,8-16)14-6-10-3-4-11-12(5-10)18-9-17-11/h3-5,14-16H,2,6-9H2,1H3. The molecule has 0 radical (unpaired) electrons. The maximum atomic E-state index is 9.34. The predicted octanol–water partition coefficient (Wildman–Crippen LogP) is 0.638. The van der Waals surface area contributed by atoms with E-state index in [0.29, 0.717) is 13.0 Å². The normalized spacial score (nSPS) is 13.9. The van der Waals surface area contributed by atoms with E-state index in [1.165, 1.54) is 0 Å². The van der Waals surface area contributed by atoms with Gasteiger partial charge in [-0.2, -0.15) is 0 Å². The van der Waals surface area contributed by atoms with Gasteiger partial charge in [0, 0.05) is 6.54 Å². The van der Waals surface area contributed by atoms with Crippen molar-refractivity contribution in [1.29, 1.82) is 0 Å². The summed E-state index contributed by atoms with van der Waals surface area (Å²) in [7, 11) is 0. The van der Waals surface area contributed by atoms with E-state index in [-0.39, 0.29) is 20.0 Å². The highest BCUT2D eigenvalue weighted by Crippen LogP contribution is 2.32. The van der Waals surface area contributed by atoms with Crippen LogP contribution in [0.15, 0.2) is 18.2 Å². The van der Waals surface area contributed by atoms with Crippen molar-refractivity contribution in [2.75, 3.05) is 20.0 Å². The minimum absolute atomic E-state index is 0.0927.